The number of imidazole rings is 1. The Bertz CT molecular complexity index is 801. The molecule has 1 unspecified atom stereocenters. The van der Waals surface area contributed by atoms with Gasteiger partial charge >= 0.3 is 12.1 Å². The van der Waals surface area contributed by atoms with Crippen LogP contribution in [0.4, 0.5) is 22.0 Å². The van der Waals surface area contributed by atoms with Crippen molar-refractivity contribution in [1.29, 1.82) is 0 Å². The Balaban J connectivity index is 0.000000423. The largest absolute Gasteiger partial charge is 0.490 e. The van der Waals surface area contributed by atoms with E-state index < -0.39 is 24.0 Å². The number of aliphatic carboxylic acids is 1. The number of carbonyl (C=O) groups is 2. The molecule has 3 rings (SSSR count). The topological polar surface area (TPSA) is 78.7 Å². The van der Waals surface area contributed by atoms with Crippen molar-refractivity contribution >= 4 is 11.9 Å². The van der Waals surface area contributed by atoms with Crippen LogP contribution in [-0.4, -0.2) is 74.6 Å². The number of hydrogen-bond donors (Lipinski definition) is 1. The van der Waals surface area contributed by atoms with Crippen molar-refractivity contribution in [2.75, 3.05) is 20.1 Å². The van der Waals surface area contributed by atoms with Gasteiger partial charge in [0.05, 0.1) is 18.1 Å². The third-order valence-corrected chi connectivity index (χ3v) is 5.68. The number of hydrogen-bond acceptors (Lipinski definition) is 4. The zero-order valence-corrected chi connectivity index (χ0v) is 17.8. The molecule has 1 aromatic heterocycles. The molecule has 1 N–H and O–H groups in total. The van der Waals surface area contributed by atoms with Gasteiger partial charge in [0.2, 0.25) is 11.8 Å². The van der Waals surface area contributed by atoms with E-state index in [2.05, 4.69) is 23.7 Å². The smallest absolute Gasteiger partial charge is 0.475 e. The van der Waals surface area contributed by atoms with Crippen molar-refractivity contribution in [2.45, 2.75) is 57.3 Å². The van der Waals surface area contributed by atoms with Crippen LogP contribution in [0.2, 0.25) is 0 Å². The first-order valence-corrected chi connectivity index (χ1v) is 9.82. The minimum absolute atomic E-state index is 0.139. The predicted molar refractivity (Wildman–Crippen MR) is 100 cm³/mol. The Kier molecular flexibility index (Phi) is 7.34. The molecular weight excluding hydrogens is 427 g/mol. The van der Waals surface area contributed by atoms with Gasteiger partial charge in [-0.2, -0.15) is 13.2 Å². The van der Waals surface area contributed by atoms with E-state index in [9.17, 15) is 26.7 Å². The summed E-state index contributed by atoms with van der Waals surface area (Å²) < 4.78 is 60.1. The molecule has 0 spiro atoms. The summed E-state index contributed by atoms with van der Waals surface area (Å²) in [7, 11) is 3.97. The molecule has 1 fully saturated rings. The van der Waals surface area contributed by atoms with Crippen LogP contribution in [0, 0.1) is 5.92 Å². The fraction of sp³-hybridized carbons (Fsp3) is 0.737. The zero-order valence-electron chi connectivity index (χ0n) is 17.8. The summed E-state index contributed by atoms with van der Waals surface area (Å²) >= 11 is 0. The first-order valence-electron chi connectivity index (χ1n) is 9.82. The van der Waals surface area contributed by atoms with Crippen LogP contribution in [0.3, 0.4) is 0 Å². The molecule has 0 aromatic carbocycles. The highest BCUT2D eigenvalue weighted by Gasteiger charge is 2.51. The van der Waals surface area contributed by atoms with Crippen molar-refractivity contribution in [1.82, 2.24) is 19.4 Å². The number of carboxylic acids is 1. The lowest BCUT2D eigenvalue weighted by atomic mass is 9.79. The molecule has 0 bridgehead atoms. The van der Waals surface area contributed by atoms with Gasteiger partial charge in [0.15, 0.2) is 0 Å². The SMILES string of the molecule is CC(C)N(C)CC1c2ncn(C)c2CCN1C(=O)C1CC(F)(F)C1.O=C(O)C(F)(F)F. The molecule has 0 saturated heterocycles. The molecule has 7 nitrogen and oxygen atoms in total. The average molecular weight is 454 g/mol. The highest BCUT2D eigenvalue weighted by atomic mass is 19.4. The van der Waals surface area contributed by atoms with Crippen molar-refractivity contribution in [3.63, 3.8) is 0 Å². The van der Waals surface area contributed by atoms with E-state index in [1.54, 1.807) is 11.2 Å². The summed E-state index contributed by atoms with van der Waals surface area (Å²) in [6.07, 6.45) is -3.21. The molecule has 31 heavy (non-hydrogen) atoms. The van der Waals surface area contributed by atoms with Crippen LogP contribution < -0.4 is 0 Å². The molecule has 1 atom stereocenters. The van der Waals surface area contributed by atoms with Gasteiger partial charge in [0.1, 0.15) is 0 Å². The Morgan fingerprint density at radius 1 is 1.32 bits per heavy atom. The maximum atomic E-state index is 13.2. The Labute approximate surface area is 176 Å². The normalized spacial score (nSPS) is 20.7. The number of aryl methyl sites for hydroxylation is 1. The highest BCUT2D eigenvalue weighted by Crippen LogP contribution is 2.44. The number of carboxylic acid groups (broad SMARTS) is 1. The molecule has 2 aliphatic rings. The van der Waals surface area contributed by atoms with Crippen molar-refractivity contribution < 1.29 is 36.6 Å². The monoisotopic (exact) mass is 454 g/mol. The second-order valence-corrected chi connectivity index (χ2v) is 8.28. The Morgan fingerprint density at radius 2 is 1.87 bits per heavy atom. The van der Waals surface area contributed by atoms with E-state index in [1.807, 2.05) is 18.7 Å². The lowest BCUT2D eigenvalue weighted by molar-refractivity contribution is -0.192. The zero-order chi connectivity index (χ0) is 23.7. The predicted octanol–water partition coefficient (Wildman–Crippen LogP) is 2.86. The molecule has 1 aliphatic heterocycles. The standard InChI is InChI=1S/C17H26F2N4O.C2HF3O2/c1-11(2)21(3)9-14-15-13(22(4)10-20-15)5-6-23(14)16(24)12-7-17(18,19)8-12;3-2(4,5)1(6)7/h10-12,14H,5-9H2,1-4H3;(H,6,7). The molecule has 2 heterocycles. The van der Waals surface area contributed by atoms with Crippen molar-refractivity contribution in [3.8, 4) is 0 Å². The van der Waals surface area contributed by atoms with Gasteiger partial charge in [-0.1, -0.05) is 0 Å². The van der Waals surface area contributed by atoms with E-state index in [0.29, 0.717) is 19.1 Å². The van der Waals surface area contributed by atoms with E-state index in [-0.39, 0.29) is 24.8 Å². The first kappa shape index (κ1) is 25.0. The van der Waals surface area contributed by atoms with Gasteiger partial charge in [-0.3, -0.25) is 4.79 Å². The van der Waals surface area contributed by atoms with Gasteiger partial charge in [0.25, 0.3) is 0 Å². The van der Waals surface area contributed by atoms with E-state index in [1.165, 1.54) is 0 Å². The molecule has 12 heteroatoms. The van der Waals surface area contributed by atoms with Gasteiger partial charge in [-0.25, -0.2) is 18.6 Å². The minimum Gasteiger partial charge on any atom is -0.475 e. The second-order valence-electron chi connectivity index (χ2n) is 8.28. The van der Waals surface area contributed by atoms with E-state index >= 15 is 0 Å². The fourth-order valence-corrected chi connectivity index (χ4v) is 3.59. The van der Waals surface area contributed by atoms with Crippen molar-refractivity contribution in [3.05, 3.63) is 17.7 Å². The average Bonchev–Trinajstić information content (AvgIpc) is 3.00. The third kappa shape index (κ3) is 5.92. The van der Waals surface area contributed by atoms with E-state index in [0.717, 1.165) is 17.8 Å². The van der Waals surface area contributed by atoms with Crippen LogP contribution in [0.25, 0.3) is 0 Å². The number of nitrogens with zero attached hydrogens (tertiary/aromatic N) is 4. The van der Waals surface area contributed by atoms with Crippen LogP contribution in [0.1, 0.15) is 44.1 Å². The number of amides is 1. The van der Waals surface area contributed by atoms with Gasteiger partial charge in [-0.15, -0.1) is 0 Å². The minimum atomic E-state index is -5.08. The van der Waals surface area contributed by atoms with E-state index in [4.69, 9.17) is 9.90 Å². The highest BCUT2D eigenvalue weighted by molar-refractivity contribution is 5.81. The van der Waals surface area contributed by atoms with Gasteiger partial charge < -0.3 is 19.5 Å². The molecular formula is C19H27F5N4O3. The Morgan fingerprint density at radius 3 is 2.32 bits per heavy atom. The number of likely N-dealkylation sites (N-methyl/N-ethyl adjacent to an activating group) is 1. The summed E-state index contributed by atoms with van der Waals surface area (Å²) in [5.41, 5.74) is 2.05. The van der Waals surface area contributed by atoms with Crippen LogP contribution in [0.15, 0.2) is 6.33 Å². The summed E-state index contributed by atoms with van der Waals surface area (Å²) in [6, 6.07) is 0.174. The van der Waals surface area contributed by atoms with Crippen LogP contribution >= 0.6 is 0 Å². The number of fused-ring (bicyclic) bond motifs is 1. The lowest BCUT2D eigenvalue weighted by Gasteiger charge is -2.43. The summed E-state index contributed by atoms with van der Waals surface area (Å²) in [5.74, 6) is -6.11. The van der Waals surface area contributed by atoms with Crippen LogP contribution in [-0.2, 0) is 23.1 Å². The van der Waals surface area contributed by atoms with Crippen molar-refractivity contribution in [2.24, 2.45) is 13.0 Å². The van der Waals surface area contributed by atoms with Gasteiger partial charge in [0, 0.05) is 57.1 Å². The molecule has 1 aromatic rings. The molecule has 1 amide bonds. The first-order chi connectivity index (χ1) is 14.1. The van der Waals surface area contributed by atoms with Gasteiger partial charge in [-0.05, 0) is 20.9 Å². The number of aromatic nitrogens is 2. The second kappa shape index (κ2) is 9.09. The maximum Gasteiger partial charge on any atom is 0.490 e. The lowest BCUT2D eigenvalue weighted by Crippen LogP contribution is -2.52. The number of rotatable bonds is 4. The summed E-state index contributed by atoms with van der Waals surface area (Å²) in [6.45, 7) is 5.43. The van der Waals surface area contributed by atoms with Crippen LogP contribution in [0.5, 0.6) is 0 Å². The number of alkyl halides is 5. The molecule has 1 aliphatic carbocycles. The Hall–Kier alpha value is -2.24. The summed E-state index contributed by atoms with van der Waals surface area (Å²) in [5, 5.41) is 7.12. The summed E-state index contributed by atoms with van der Waals surface area (Å²) in [4.78, 5) is 30.1. The number of halogens is 5. The fourth-order valence-electron chi connectivity index (χ4n) is 3.59. The third-order valence-electron chi connectivity index (χ3n) is 5.68. The molecule has 1 saturated carbocycles. The molecule has 0 radical (unpaired) electrons. The quantitative estimate of drug-likeness (QED) is 0.708. The number of carbonyl (C=O) groups excluding carboxylic acids is 1. The maximum absolute atomic E-state index is 13.2. The molecule has 176 valence electrons.